The minimum atomic E-state index is -5.07. The van der Waals surface area contributed by atoms with E-state index in [1.54, 1.807) is 60.7 Å². The average molecular weight is 1140 g/mol. The number of fused-ring (bicyclic) bond motifs is 2. The molecule has 0 aliphatic carbocycles. The van der Waals surface area contributed by atoms with Crippen LogP contribution >= 0.6 is 38.4 Å². The van der Waals surface area contributed by atoms with Crippen LogP contribution in [0.3, 0.4) is 0 Å². The molecule has 0 saturated carbocycles. The van der Waals surface area contributed by atoms with E-state index in [2.05, 4.69) is 50.0 Å². The van der Waals surface area contributed by atoms with Crippen molar-refractivity contribution in [2.45, 2.75) is 74.6 Å². The Morgan fingerprint density at radius 2 is 0.961 bits per heavy atom. The molecule has 0 radical (unpaired) electrons. The van der Waals surface area contributed by atoms with Gasteiger partial charge < -0.3 is 79.1 Å². The number of imidazole rings is 2. The van der Waals surface area contributed by atoms with Gasteiger partial charge in [-0.1, -0.05) is 36.4 Å². The Balaban J connectivity index is 0.000000221. The number of ether oxygens (including phenoxy) is 6. The highest BCUT2D eigenvalue weighted by atomic mass is 35.5. The predicted octanol–water partition coefficient (Wildman–Crippen LogP) is 0.869. The molecule has 0 bridgehead atoms. The molecule has 408 valence electrons. The summed E-state index contributed by atoms with van der Waals surface area (Å²) in [5.74, 6) is -8.06. The van der Waals surface area contributed by atoms with E-state index in [1.165, 1.54) is 35.6 Å². The highest BCUT2D eigenvalue weighted by molar-refractivity contribution is 7.53. The van der Waals surface area contributed by atoms with Crippen LogP contribution in [-0.4, -0.2) is 178 Å². The maximum Gasteiger partial charge on any atom is 0.365 e. The summed E-state index contributed by atoms with van der Waals surface area (Å²) < 4.78 is 56.5. The van der Waals surface area contributed by atoms with Gasteiger partial charge in [0.05, 0.1) is 39.1 Å². The number of rotatable bonds is 18. The molecule has 34 heteroatoms. The Hall–Kier alpha value is -6.02. The van der Waals surface area contributed by atoms with Gasteiger partial charge in [0.2, 0.25) is 10.6 Å². The zero-order valence-electron chi connectivity index (χ0n) is 39.2. The topological polar surface area (TPSA) is 431 Å². The van der Waals surface area contributed by atoms with Crippen LogP contribution in [0.5, 0.6) is 0 Å². The van der Waals surface area contributed by atoms with Crippen molar-refractivity contribution in [1.82, 2.24) is 39.0 Å². The SMILES string of the molecule is CCOC(=O)[C@@H](OC[C@H]1O[C@@H](n2cnc3c(NC(=O)c4ccccc4)nc(Cl)nc32)[C@H](O)[C@@H]1O)P(=O)(O)O.CCOC(=O)[C@H](OC[C@H]1O[C@@H](n2cnc3c(NC(=O)c4ccccc4)nc(Cl)nc32)[C@H](O)[C@@H]1O)P(=O)(O)O. The number of nitrogens with zero attached hydrogens (tertiary/aromatic N) is 8. The van der Waals surface area contributed by atoms with Gasteiger partial charge in [0.1, 0.15) is 36.6 Å². The number of hydrogen-bond acceptors (Lipinski definition) is 22. The van der Waals surface area contributed by atoms with Crippen LogP contribution in [0.25, 0.3) is 22.3 Å². The van der Waals surface area contributed by atoms with Crippen molar-refractivity contribution < 1.29 is 96.7 Å². The standard InChI is InChI=1S/2C21H23ClN5O10P/c2*1-2-35-19(31)20(38(32,33)34)36-8-11-13(28)14(29)18(37-11)27-9-23-12-15(25-21(22)26-16(12)27)24-17(30)10-6-4-3-5-7-10/h2*3-7,9,11,13-14,18,20,28-29H,2,8H2,1H3,(H2,32,33,34)(H,24,25,26,30)/t11-,13-,14-,18-,20+;11-,13-,14-,18-,20-/m11/s1. The number of anilines is 2. The number of halogens is 2. The number of carbonyl (C=O) groups excluding carboxylic acids is 4. The van der Waals surface area contributed by atoms with Crippen molar-refractivity contribution in [2.75, 3.05) is 37.1 Å². The van der Waals surface area contributed by atoms with E-state index in [0.717, 1.165) is 0 Å². The first-order chi connectivity index (χ1) is 36.0. The first-order valence-corrected chi connectivity index (χ1v) is 26.4. The molecule has 10 N–H and O–H groups in total. The molecule has 2 aromatic carbocycles. The highest BCUT2D eigenvalue weighted by Gasteiger charge is 2.48. The number of aliphatic hydroxyl groups excluding tert-OH is 4. The first kappa shape index (κ1) is 57.7. The molecule has 76 heavy (non-hydrogen) atoms. The molecular formula is C42H46Cl2N10O20P2. The minimum absolute atomic E-state index is 0.0144. The monoisotopic (exact) mass is 1140 g/mol. The zero-order valence-corrected chi connectivity index (χ0v) is 42.5. The van der Waals surface area contributed by atoms with E-state index in [-0.39, 0.29) is 57.7 Å². The molecule has 30 nitrogen and oxygen atoms in total. The van der Waals surface area contributed by atoms with E-state index in [1.807, 2.05) is 0 Å². The van der Waals surface area contributed by atoms with Gasteiger partial charge in [-0.15, -0.1) is 0 Å². The molecule has 10 atom stereocenters. The molecule has 2 aliphatic rings. The number of aliphatic hydroxyl groups is 4. The number of amides is 2. The third kappa shape index (κ3) is 13.2. The van der Waals surface area contributed by atoms with Gasteiger partial charge in [-0.05, 0) is 61.3 Å². The molecule has 0 spiro atoms. The summed E-state index contributed by atoms with van der Waals surface area (Å²) >= 11 is 12.1. The molecule has 6 heterocycles. The number of benzene rings is 2. The number of esters is 2. The molecule has 2 saturated heterocycles. The molecular weight excluding hydrogens is 1100 g/mol. The summed E-state index contributed by atoms with van der Waals surface area (Å²) in [7, 11) is -10.1. The van der Waals surface area contributed by atoms with Crippen molar-refractivity contribution in [3.63, 3.8) is 0 Å². The summed E-state index contributed by atoms with van der Waals surface area (Å²) in [4.78, 5) is 111. The quantitative estimate of drug-likeness (QED) is 0.0324. The van der Waals surface area contributed by atoms with E-state index >= 15 is 0 Å². The Kier molecular flexibility index (Phi) is 18.6. The second kappa shape index (κ2) is 24.5. The van der Waals surface area contributed by atoms with Gasteiger partial charge in [-0.25, -0.2) is 19.6 Å². The first-order valence-electron chi connectivity index (χ1n) is 22.2. The van der Waals surface area contributed by atoms with Gasteiger partial charge in [0, 0.05) is 11.1 Å². The summed E-state index contributed by atoms with van der Waals surface area (Å²) in [6, 6.07) is 16.6. The largest absolute Gasteiger partial charge is 0.464 e. The molecule has 6 aromatic rings. The number of aromatic nitrogens is 8. The molecule has 0 unspecified atom stereocenters. The van der Waals surface area contributed by atoms with Gasteiger partial charge in [0.15, 0.2) is 46.4 Å². The normalized spacial score (nSPS) is 22.4. The maximum atomic E-state index is 12.6. The van der Waals surface area contributed by atoms with Crippen molar-refractivity contribution >= 4 is 96.1 Å². The lowest BCUT2D eigenvalue weighted by Crippen LogP contribution is -2.36. The average Bonchev–Trinajstić information content (AvgIpc) is 4.14. The molecule has 8 rings (SSSR count). The zero-order chi connectivity index (χ0) is 55.2. The Morgan fingerprint density at radius 3 is 1.29 bits per heavy atom. The van der Waals surface area contributed by atoms with Gasteiger partial charge in [0.25, 0.3) is 23.5 Å². The molecule has 2 amide bonds. The highest BCUT2D eigenvalue weighted by Crippen LogP contribution is 2.44. The van der Waals surface area contributed by atoms with Crippen molar-refractivity contribution in [2.24, 2.45) is 0 Å². The number of hydrogen-bond donors (Lipinski definition) is 10. The summed E-state index contributed by atoms with van der Waals surface area (Å²) in [5.41, 5.74) is 1.01. The second-order valence-electron chi connectivity index (χ2n) is 16.1. The van der Waals surface area contributed by atoms with Crippen LogP contribution in [0.15, 0.2) is 73.3 Å². The van der Waals surface area contributed by atoms with Crippen molar-refractivity contribution in [3.05, 3.63) is 95.0 Å². The lowest BCUT2D eigenvalue weighted by atomic mass is 10.1. The fourth-order valence-electron chi connectivity index (χ4n) is 7.46. The van der Waals surface area contributed by atoms with Crippen molar-refractivity contribution in [1.29, 1.82) is 0 Å². The van der Waals surface area contributed by atoms with E-state index in [4.69, 9.17) is 42.1 Å². The Morgan fingerprint density at radius 1 is 0.605 bits per heavy atom. The van der Waals surface area contributed by atoms with E-state index in [9.17, 15) is 68.3 Å². The van der Waals surface area contributed by atoms with Crippen LogP contribution in [0.2, 0.25) is 10.6 Å². The summed E-state index contributed by atoms with van der Waals surface area (Å²) in [5, 5.41) is 47.0. The third-order valence-corrected chi connectivity index (χ3v) is 13.3. The molecule has 2 aliphatic heterocycles. The van der Waals surface area contributed by atoms with Crippen LogP contribution < -0.4 is 10.6 Å². The maximum absolute atomic E-state index is 12.6. The summed E-state index contributed by atoms with van der Waals surface area (Å²) in [6.07, 6.45) is -9.13. The number of carbonyl (C=O) groups is 4. The van der Waals surface area contributed by atoms with Gasteiger partial charge in [-0.2, -0.15) is 19.9 Å². The van der Waals surface area contributed by atoms with Crippen molar-refractivity contribution in [3.8, 4) is 0 Å². The van der Waals surface area contributed by atoms with Crippen LogP contribution in [-0.2, 0) is 47.1 Å². The Labute approximate surface area is 437 Å². The fourth-order valence-corrected chi connectivity index (χ4v) is 9.05. The predicted molar refractivity (Wildman–Crippen MR) is 258 cm³/mol. The third-order valence-electron chi connectivity index (χ3n) is 11.0. The summed E-state index contributed by atoms with van der Waals surface area (Å²) in [6.45, 7) is 1.25. The smallest absolute Gasteiger partial charge is 0.365 e. The van der Waals surface area contributed by atoms with Crippen LogP contribution in [0.4, 0.5) is 11.6 Å². The van der Waals surface area contributed by atoms with Gasteiger partial charge in [-0.3, -0.25) is 27.9 Å². The lowest BCUT2D eigenvalue weighted by molar-refractivity contribution is -0.156. The lowest BCUT2D eigenvalue weighted by Gasteiger charge is -2.20. The molecule has 4 aromatic heterocycles. The Bertz CT molecular complexity index is 2950. The van der Waals surface area contributed by atoms with Crippen LogP contribution in [0.1, 0.15) is 47.0 Å². The fraction of sp³-hybridized carbons (Fsp3) is 0.381. The second-order valence-corrected chi connectivity index (χ2v) is 20.1. The molecule has 2 fully saturated rings. The number of nitrogens with one attached hydrogen (secondary N) is 2. The van der Waals surface area contributed by atoms with E-state index in [0.29, 0.717) is 11.1 Å². The van der Waals surface area contributed by atoms with Crippen LogP contribution in [0, 0.1) is 0 Å². The van der Waals surface area contributed by atoms with Gasteiger partial charge >= 0.3 is 27.1 Å². The van der Waals surface area contributed by atoms with E-state index < -0.39 is 113 Å². The minimum Gasteiger partial charge on any atom is -0.464 e.